The van der Waals surface area contributed by atoms with Crippen molar-refractivity contribution in [3.05, 3.63) is 0 Å². The van der Waals surface area contributed by atoms with Crippen LogP contribution in [0.2, 0.25) is 0 Å². The van der Waals surface area contributed by atoms with Gasteiger partial charge in [-0.25, -0.2) is 0 Å². The van der Waals surface area contributed by atoms with Gasteiger partial charge in [-0.1, -0.05) is 20.8 Å². The Kier molecular flexibility index (Phi) is 8.83. The lowest BCUT2D eigenvalue weighted by molar-refractivity contribution is 0.0303. The topological polar surface area (TPSA) is 41.5 Å². The predicted octanol–water partition coefficient (Wildman–Crippen LogP) is 2.58. The van der Waals surface area contributed by atoms with E-state index >= 15 is 0 Å². The quantitative estimate of drug-likeness (QED) is 0.621. The van der Waals surface area contributed by atoms with Gasteiger partial charge >= 0.3 is 0 Å². The second-order valence-electron chi connectivity index (χ2n) is 5.71. The average molecular weight is 245 g/mol. The fourth-order valence-electron chi connectivity index (χ4n) is 1.87. The summed E-state index contributed by atoms with van der Waals surface area (Å²) in [6.45, 7) is 12.5. The molecule has 0 aliphatic carbocycles. The van der Waals surface area contributed by atoms with Gasteiger partial charge < -0.3 is 15.2 Å². The molecule has 0 saturated carbocycles. The van der Waals surface area contributed by atoms with Gasteiger partial charge in [0.15, 0.2) is 0 Å². The van der Waals surface area contributed by atoms with Gasteiger partial charge in [0, 0.05) is 12.1 Å². The molecule has 0 spiro atoms. The molecule has 0 bridgehead atoms. The van der Waals surface area contributed by atoms with Crippen molar-refractivity contribution in [1.82, 2.24) is 5.32 Å². The van der Waals surface area contributed by atoms with Crippen molar-refractivity contribution in [3.63, 3.8) is 0 Å². The van der Waals surface area contributed by atoms with E-state index in [1.54, 1.807) is 0 Å². The lowest BCUT2D eigenvalue weighted by Crippen LogP contribution is -2.47. The molecule has 0 heterocycles. The molecule has 0 radical (unpaired) electrons. The lowest BCUT2D eigenvalue weighted by atomic mass is 9.99. The smallest absolute Gasteiger partial charge is 0.0611 e. The van der Waals surface area contributed by atoms with E-state index in [4.69, 9.17) is 4.74 Å². The van der Waals surface area contributed by atoms with Crippen LogP contribution in [0.5, 0.6) is 0 Å². The van der Waals surface area contributed by atoms with Gasteiger partial charge in [0.2, 0.25) is 0 Å². The number of aliphatic hydroxyl groups is 1. The largest absolute Gasteiger partial charge is 0.394 e. The average Bonchev–Trinajstić information content (AvgIpc) is 2.25. The van der Waals surface area contributed by atoms with Gasteiger partial charge in [0.25, 0.3) is 0 Å². The minimum Gasteiger partial charge on any atom is -0.394 e. The molecule has 0 aliphatic rings. The van der Waals surface area contributed by atoms with Crippen molar-refractivity contribution in [3.8, 4) is 0 Å². The van der Waals surface area contributed by atoms with Crippen molar-refractivity contribution in [2.75, 3.05) is 19.8 Å². The van der Waals surface area contributed by atoms with Gasteiger partial charge in [0.05, 0.1) is 12.7 Å². The van der Waals surface area contributed by atoms with E-state index in [0.717, 1.165) is 25.8 Å². The Morgan fingerprint density at radius 2 is 1.94 bits per heavy atom. The third-order valence-electron chi connectivity index (χ3n) is 3.01. The second kappa shape index (κ2) is 8.90. The molecule has 0 saturated heterocycles. The molecule has 2 atom stereocenters. The monoisotopic (exact) mass is 245 g/mol. The Balaban J connectivity index is 3.82. The highest BCUT2D eigenvalue weighted by molar-refractivity contribution is 4.81. The molecular formula is C14H31NO2. The zero-order valence-corrected chi connectivity index (χ0v) is 12.3. The molecule has 104 valence electrons. The van der Waals surface area contributed by atoms with Crippen molar-refractivity contribution < 1.29 is 9.84 Å². The van der Waals surface area contributed by atoms with Crippen LogP contribution in [0.3, 0.4) is 0 Å². The minimum atomic E-state index is -0.201. The summed E-state index contributed by atoms with van der Waals surface area (Å²) in [6.07, 6.45) is 3.34. The zero-order valence-electron chi connectivity index (χ0n) is 12.3. The molecule has 0 aliphatic heterocycles. The molecule has 0 fully saturated rings. The molecule has 2 unspecified atom stereocenters. The summed E-state index contributed by atoms with van der Waals surface area (Å²) in [5.41, 5.74) is -0.201. The van der Waals surface area contributed by atoms with Crippen LogP contribution >= 0.6 is 0 Å². The van der Waals surface area contributed by atoms with Crippen molar-refractivity contribution in [2.24, 2.45) is 5.92 Å². The maximum Gasteiger partial charge on any atom is 0.0611 e. The minimum absolute atomic E-state index is 0.162. The Bertz CT molecular complexity index is 185. The van der Waals surface area contributed by atoms with Gasteiger partial charge in [-0.2, -0.15) is 0 Å². The first-order valence-electron chi connectivity index (χ1n) is 6.91. The van der Waals surface area contributed by atoms with E-state index < -0.39 is 0 Å². The van der Waals surface area contributed by atoms with Crippen molar-refractivity contribution >= 4 is 0 Å². The second-order valence-corrected chi connectivity index (χ2v) is 5.71. The van der Waals surface area contributed by atoms with E-state index in [1.807, 2.05) is 0 Å². The third-order valence-corrected chi connectivity index (χ3v) is 3.01. The van der Waals surface area contributed by atoms with Gasteiger partial charge in [-0.15, -0.1) is 0 Å². The molecule has 0 aromatic rings. The summed E-state index contributed by atoms with van der Waals surface area (Å²) in [5.74, 6) is 0.674. The molecule has 3 heteroatoms. The maximum absolute atomic E-state index is 9.40. The van der Waals surface area contributed by atoms with Crippen LogP contribution in [0.4, 0.5) is 0 Å². The highest BCUT2D eigenvalue weighted by Crippen LogP contribution is 2.12. The first-order chi connectivity index (χ1) is 7.93. The number of hydrogen-bond donors (Lipinski definition) is 2. The molecule has 0 rings (SSSR count). The molecule has 0 aromatic carbocycles. The first-order valence-corrected chi connectivity index (χ1v) is 6.91. The summed E-state index contributed by atoms with van der Waals surface area (Å²) in [5, 5.41) is 12.8. The van der Waals surface area contributed by atoms with Gasteiger partial charge in [0.1, 0.15) is 0 Å². The van der Waals surface area contributed by atoms with Crippen LogP contribution in [0.25, 0.3) is 0 Å². The molecule has 2 N–H and O–H groups in total. The Morgan fingerprint density at radius 3 is 2.41 bits per heavy atom. The lowest BCUT2D eigenvalue weighted by Gasteiger charge is -2.29. The summed E-state index contributed by atoms with van der Waals surface area (Å²) in [7, 11) is 0. The van der Waals surface area contributed by atoms with Crippen LogP contribution < -0.4 is 5.32 Å². The molecule has 0 aromatic heterocycles. The summed E-state index contributed by atoms with van der Waals surface area (Å²) < 4.78 is 5.78. The van der Waals surface area contributed by atoms with Crippen LogP contribution in [0.1, 0.15) is 53.9 Å². The van der Waals surface area contributed by atoms with E-state index in [-0.39, 0.29) is 12.1 Å². The van der Waals surface area contributed by atoms with E-state index in [9.17, 15) is 5.11 Å². The fourth-order valence-corrected chi connectivity index (χ4v) is 1.87. The number of rotatable bonds is 10. The predicted molar refractivity (Wildman–Crippen MR) is 73.3 cm³/mol. The first kappa shape index (κ1) is 16.9. The Labute approximate surface area is 107 Å². The Hall–Kier alpha value is -0.120. The summed E-state index contributed by atoms with van der Waals surface area (Å²) >= 11 is 0. The SMILES string of the molecule is CCCNC(C)(CO)CCOC(C)CC(C)C. The molecular weight excluding hydrogens is 214 g/mol. The van der Waals surface area contributed by atoms with Crippen LogP contribution in [-0.2, 0) is 4.74 Å². The number of aliphatic hydroxyl groups excluding tert-OH is 1. The maximum atomic E-state index is 9.40. The number of ether oxygens (including phenoxy) is 1. The molecule has 17 heavy (non-hydrogen) atoms. The van der Waals surface area contributed by atoms with Crippen LogP contribution in [0, 0.1) is 5.92 Å². The Morgan fingerprint density at radius 1 is 1.29 bits per heavy atom. The summed E-state index contributed by atoms with van der Waals surface area (Å²) in [4.78, 5) is 0. The highest BCUT2D eigenvalue weighted by Gasteiger charge is 2.22. The third kappa shape index (κ3) is 8.58. The zero-order chi connectivity index (χ0) is 13.3. The standard InChI is InChI=1S/C14H31NO2/c1-6-8-15-14(5,11-16)7-9-17-13(4)10-12(2)3/h12-13,15-16H,6-11H2,1-5H3. The number of nitrogens with one attached hydrogen (secondary N) is 1. The van der Waals surface area contributed by atoms with Crippen molar-refractivity contribution in [2.45, 2.75) is 65.5 Å². The van der Waals surface area contributed by atoms with E-state index in [1.165, 1.54) is 0 Å². The summed E-state index contributed by atoms with van der Waals surface area (Å²) in [6, 6.07) is 0. The van der Waals surface area contributed by atoms with Crippen molar-refractivity contribution in [1.29, 1.82) is 0 Å². The van der Waals surface area contributed by atoms with Gasteiger partial charge in [-0.3, -0.25) is 0 Å². The van der Waals surface area contributed by atoms with Crippen LogP contribution in [-0.4, -0.2) is 36.5 Å². The molecule has 0 amide bonds. The normalized spacial score (nSPS) is 17.1. The fraction of sp³-hybridized carbons (Fsp3) is 1.00. The van der Waals surface area contributed by atoms with Crippen LogP contribution in [0.15, 0.2) is 0 Å². The van der Waals surface area contributed by atoms with E-state index in [0.29, 0.717) is 18.6 Å². The van der Waals surface area contributed by atoms with E-state index in [2.05, 4.69) is 39.9 Å². The van der Waals surface area contributed by atoms with Gasteiger partial charge in [-0.05, 0) is 45.6 Å². The number of hydrogen-bond acceptors (Lipinski definition) is 3. The molecule has 3 nitrogen and oxygen atoms in total. The highest BCUT2D eigenvalue weighted by atomic mass is 16.5.